The van der Waals surface area contributed by atoms with Crippen molar-refractivity contribution in [2.24, 2.45) is 0 Å². The molecule has 0 atom stereocenters. The van der Waals surface area contributed by atoms with Crippen LogP contribution in [0.4, 0.5) is 0 Å². The van der Waals surface area contributed by atoms with E-state index in [1.165, 1.54) is 0 Å². The number of aromatic amines is 1. The molecule has 4 nitrogen and oxygen atoms in total. The van der Waals surface area contributed by atoms with Crippen LogP contribution in [0, 0.1) is 3.70 Å². The van der Waals surface area contributed by atoms with Crippen molar-refractivity contribution >= 4 is 29.1 Å². The molecule has 0 saturated carbocycles. The van der Waals surface area contributed by atoms with Crippen LogP contribution in [0.15, 0.2) is 6.20 Å². The molecule has 1 rings (SSSR count). The Balaban J connectivity index is 2.38. The molecular formula is C6H7IN2O2. The van der Waals surface area contributed by atoms with Gasteiger partial charge in [-0.25, -0.2) is 0 Å². The number of hydrogen-bond donors (Lipinski definition) is 1. The van der Waals surface area contributed by atoms with E-state index in [-0.39, 0.29) is 0 Å². The second-order valence-corrected chi connectivity index (χ2v) is 2.94. The number of nitrogens with one attached hydrogen (secondary N) is 1. The van der Waals surface area contributed by atoms with Crippen molar-refractivity contribution in [2.45, 2.75) is 6.42 Å². The summed E-state index contributed by atoms with van der Waals surface area (Å²) in [6, 6.07) is 0. The lowest BCUT2D eigenvalue weighted by Crippen LogP contribution is -1.96. The molecule has 0 aliphatic heterocycles. The lowest BCUT2D eigenvalue weighted by Gasteiger charge is -1.94. The van der Waals surface area contributed by atoms with Crippen LogP contribution in [0.5, 0.6) is 0 Å². The van der Waals surface area contributed by atoms with Gasteiger partial charge in [-0.05, 0) is 22.6 Å². The smallest absolute Gasteiger partial charge is 0.293 e. The van der Waals surface area contributed by atoms with Crippen LogP contribution in [-0.4, -0.2) is 23.3 Å². The van der Waals surface area contributed by atoms with Gasteiger partial charge in [-0.2, -0.15) is 5.10 Å². The zero-order chi connectivity index (χ0) is 8.10. The molecule has 0 radical (unpaired) electrons. The standard InChI is InChI=1S/C6H7IN2O2/c7-6-5(3-8-9-6)1-2-11-4-10/h3-4H,1-2H2,(H,8,9). The first kappa shape index (κ1) is 8.51. The maximum absolute atomic E-state index is 9.77. The van der Waals surface area contributed by atoms with E-state index in [0.29, 0.717) is 19.5 Å². The van der Waals surface area contributed by atoms with E-state index in [0.717, 1.165) is 9.26 Å². The largest absolute Gasteiger partial charge is 0.468 e. The average molecular weight is 266 g/mol. The molecule has 0 aliphatic carbocycles. The highest BCUT2D eigenvalue weighted by atomic mass is 127. The van der Waals surface area contributed by atoms with E-state index in [2.05, 4.69) is 37.5 Å². The second kappa shape index (κ2) is 4.32. The Morgan fingerprint density at radius 2 is 2.64 bits per heavy atom. The Morgan fingerprint density at radius 3 is 3.18 bits per heavy atom. The monoisotopic (exact) mass is 266 g/mol. The van der Waals surface area contributed by atoms with Gasteiger partial charge in [0.1, 0.15) is 3.70 Å². The third kappa shape index (κ3) is 2.49. The van der Waals surface area contributed by atoms with Gasteiger partial charge in [-0.15, -0.1) is 0 Å². The van der Waals surface area contributed by atoms with Crippen LogP contribution in [-0.2, 0) is 16.0 Å². The van der Waals surface area contributed by atoms with Crippen molar-refractivity contribution in [3.05, 3.63) is 15.5 Å². The van der Waals surface area contributed by atoms with Gasteiger partial charge in [0.2, 0.25) is 0 Å². The van der Waals surface area contributed by atoms with E-state index >= 15 is 0 Å². The minimum Gasteiger partial charge on any atom is -0.468 e. The van der Waals surface area contributed by atoms with Crippen LogP contribution >= 0.6 is 22.6 Å². The molecule has 1 heterocycles. The summed E-state index contributed by atoms with van der Waals surface area (Å²) in [6.45, 7) is 0.867. The lowest BCUT2D eigenvalue weighted by molar-refractivity contribution is -0.128. The highest BCUT2D eigenvalue weighted by molar-refractivity contribution is 14.1. The van der Waals surface area contributed by atoms with E-state index in [9.17, 15) is 4.79 Å². The fourth-order valence-electron chi connectivity index (χ4n) is 0.691. The van der Waals surface area contributed by atoms with Gasteiger partial charge < -0.3 is 4.74 Å². The van der Waals surface area contributed by atoms with E-state index in [4.69, 9.17) is 0 Å². The van der Waals surface area contributed by atoms with E-state index in [1.54, 1.807) is 6.20 Å². The number of halogens is 1. The SMILES string of the molecule is O=COCCc1c[nH]nc1I. The highest BCUT2D eigenvalue weighted by Crippen LogP contribution is 2.07. The summed E-state index contributed by atoms with van der Waals surface area (Å²) in [7, 11) is 0. The number of carbonyl (C=O) groups is 1. The van der Waals surface area contributed by atoms with E-state index < -0.39 is 0 Å². The van der Waals surface area contributed by atoms with Crippen LogP contribution in [0.3, 0.4) is 0 Å². The van der Waals surface area contributed by atoms with Gasteiger partial charge in [0, 0.05) is 18.2 Å². The summed E-state index contributed by atoms with van der Waals surface area (Å²) in [6.07, 6.45) is 2.52. The fraction of sp³-hybridized carbons (Fsp3) is 0.333. The molecular weight excluding hydrogens is 259 g/mol. The molecule has 1 N–H and O–H groups in total. The van der Waals surface area contributed by atoms with Crippen molar-refractivity contribution < 1.29 is 9.53 Å². The Hall–Kier alpha value is -0.590. The van der Waals surface area contributed by atoms with Crippen LogP contribution in [0.1, 0.15) is 5.56 Å². The molecule has 0 bridgehead atoms. The van der Waals surface area contributed by atoms with Crippen molar-refractivity contribution in [2.75, 3.05) is 6.61 Å². The normalized spacial score (nSPS) is 9.55. The molecule has 0 aromatic carbocycles. The number of nitrogens with zero attached hydrogens (tertiary/aromatic N) is 1. The quantitative estimate of drug-likeness (QED) is 0.496. The Morgan fingerprint density at radius 1 is 1.82 bits per heavy atom. The average Bonchev–Trinajstić information content (AvgIpc) is 2.37. The molecule has 11 heavy (non-hydrogen) atoms. The summed E-state index contributed by atoms with van der Waals surface area (Å²) >= 11 is 2.12. The van der Waals surface area contributed by atoms with E-state index in [1.807, 2.05) is 0 Å². The van der Waals surface area contributed by atoms with Crippen molar-refractivity contribution in [1.82, 2.24) is 10.2 Å². The van der Waals surface area contributed by atoms with Gasteiger partial charge in [-0.3, -0.25) is 9.89 Å². The zero-order valence-corrected chi connectivity index (χ0v) is 7.87. The summed E-state index contributed by atoms with van der Waals surface area (Å²) in [5.41, 5.74) is 1.08. The lowest BCUT2D eigenvalue weighted by atomic mass is 10.3. The minimum absolute atomic E-state index is 0.416. The Labute approximate surface area is 77.5 Å². The summed E-state index contributed by atoms with van der Waals surface area (Å²) in [4.78, 5) is 9.77. The van der Waals surface area contributed by atoms with Gasteiger partial charge in [0.05, 0.1) is 6.61 Å². The van der Waals surface area contributed by atoms with Crippen molar-refractivity contribution in [3.63, 3.8) is 0 Å². The fourth-order valence-corrected chi connectivity index (χ4v) is 1.26. The molecule has 60 valence electrons. The first-order chi connectivity index (χ1) is 5.34. The third-order valence-corrected chi connectivity index (χ3v) is 2.16. The molecule has 0 amide bonds. The minimum atomic E-state index is 0.416. The molecule has 1 aromatic rings. The van der Waals surface area contributed by atoms with Gasteiger partial charge in [-0.1, -0.05) is 0 Å². The summed E-state index contributed by atoms with van der Waals surface area (Å²) in [5, 5.41) is 6.64. The number of hydrogen-bond acceptors (Lipinski definition) is 3. The summed E-state index contributed by atoms with van der Waals surface area (Å²) in [5.74, 6) is 0. The van der Waals surface area contributed by atoms with Gasteiger partial charge >= 0.3 is 0 Å². The summed E-state index contributed by atoms with van der Waals surface area (Å²) < 4.78 is 5.46. The first-order valence-electron chi connectivity index (χ1n) is 3.08. The first-order valence-corrected chi connectivity index (χ1v) is 4.16. The molecule has 0 spiro atoms. The van der Waals surface area contributed by atoms with Crippen molar-refractivity contribution in [3.8, 4) is 0 Å². The molecule has 0 fully saturated rings. The number of H-pyrrole nitrogens is 1. The number of ether oxygens (including phenoxy) is 1. The molecule has 0 aliphatic rings. The maximum atomic E-state index is 9.77. The third-order valence-electron chi connectivity index (χ3n) is 1.22. The molecule has 1 aromatic heterocycles. The Bertz CT molecular complexity index is 236. The topological polar surface area (TPSA) is 55.0 Å². The predicted molar refractivity (Wildman–Crippen MR) is 47.0 cm³/mol. The number of rotatable bonds is 4. The number of carbonyl (C=O) groups excluding carboxylic acids is 1. The van der Waals surface area contributed by atoms with Gasteiger partial charge in [0.25, 0.3) is 6.47 Å². The predicted octanol–water partition coefficient (Wildman–Crippen LogP) is 0.730. The Kier molecular flexibility index (Phi) is 3.34. The number of aromatic nitrogens is 2. The van der Waals surface area contributed by atoms with Crippen LogP contribution < -0.4 is 0 Å². The molecule has 0 saturated heterocycles. The van der Waals surface area contributed by atoms with Gasteiger partial charge in [0.15, 0.2) is 0 Å². The van der Waals surface area contributed by atoms with Crippen molar-refractivity contribution in [1.29, 1.82) is 0 Å². The molecule has 5 heteroatoms. The molecule has 0 unspecified atom stereocenters. The second-order valence-electron chi connectivity index (χ2n) is 1.92. The zero-order valence-electron chi connectivity index (χ0n) is 5.71. The highest BCUT2D eigenvalue weighted by Gasteiger charge is 2.00. The van der Waals surface area contributed by atoms with Crippen LogP contribution in [0.25, 0.3) is 0 Å². The maximum Gasteiger partial charge on any atom is 0.293 e. The van der Waals surface area contributed by atoms with Crippen LogP contribution in [0.2, 0.25) is 0 Å².